The summed E-state index contributed by atoms with van der Waals surface area (Å²) in [4.78, 5) is 18.3. The van der Waals surface area contributed by atoms with Crippen LogP contribution in [0.3, 0.4) is 0 Å². The van der Waals surface area contributed by atoms with Crippen molar-refractivity contribution in [1.29, 1.82) is 0 Å². The maximum atomic E-state index is 13.0. The Balaban J connectivity index is 2.14. The minimum atomic E-state index is -0.873. The molecule has 124 valence electrons. The first-order chi connectivity index (χ1) is 10.9. The number of imidazole rings is 1. The molecule has 23 heavy (non-hydrogen) atoms. The number of carbonyl (C=O) groups excluding carboxylic acids is 1. The predicted octanol–water partition coefficient (Wildman–Crippen LogP) is 2.39. The first-order valence-electron chi connectivity index (χ1n) is 7.57. The molecule has 0 unspecified atom stereocenters. The van der Waals surface area contributed by atoms with Crippen molar-refractivity contribution in [1.82, 2.24) is 14.5 Å². The zero-order valence-corrected chi connectivity index (χ0v) is 13.6. The topological polar surface area (TPSA) is 58.4 Å². The lowest BCUT2D eigenvalue weighted by molar-refractivity contribution is 0.0589. The molecule has 0 spiro atoms. The van der Waals surface area contributed by atoms with Gasteiger partial charge >= 0.3 is 0 Å². The molecule has 0 radical (unpaired) electrons. The highest BCUT2D eigenvalue weighted by molar-refractivity contribution is 5.92. The number of aryl methyl sites for hydroxylation is 1. The molecular formula is C17H22FN3O2. The van der Waals surface area contributed by atoms with E-state index in [2.05, 4.69) is 4.98 Å². The summed E-state index contributed by atoms with van der Waals surface area (Å²) in [6, 6.07) is 5.65. The smallest absolute Gasteiger partial charge is 0.274 e. The van der Waals surface area contributed by atoms with Crippen molar-refractivity contribution in [2.75, 3.05) is 13.1 Å². The zero-order chi connectivity index (χ0) is 17.0. The molecule has 0 bridgehead atoms. The van der Waals surface area contributed by atoms with E-state index in [0.29, 0.717) is 17.8 Å². The van der Waals surface area contributed by atoms with Gasteiger partial charge in [-0.1, -0.05) is 26.0 Å². The van der Waals surface area contributed by atoms with Gasteiger partial charge in [0.25, 0.3) is 5.91 Å². The van der Waals surface area contributed by atoms with E-state index < -0.39 is 6.10 Å². The molecule has 6 heteroatoms. The van der Waals surface area contributed by atoms with Crippen molar-refractivity contribution in [3.8, 4) is 0 Å². The number of hydrogen-bond donors (Lipinski definition) is 1. The third kappa shape index (κ3) is 4.63. The van der Waals surface area contributed by atoms with Crippen LogP contribution in [-0.4, -0.2) is 38.6 Å². The second-order valence-corrected chi connectivity index (χ2v) is 6.10. The second kappa shape index (κ2) is 7.37. The first-order valence-corrected chi connectivity index (χ1v) is 7.57. The summed E-state index contributed by atoms with van der Waals surface area (Å²) in [6.45, 7) is 4.65. The van der Waals surface area contributed by atoms with Crippen molar-refractivity contribution in [3.63, 3.8) is 0 Å². The van der Waals surface area contributed by atoms with Crippen molar-refractivity contribution in [2.45, 2.75) is 20.0 Å². The number of benzene rings is 1. The number of nitrogens with zero attached hydrogens (tertiary/aromatic N) is 3. The summed E-state index contributed by atoms with van der Waals surface area (Å²) in [6.07, 6.45) is 2.35. The van der Waals surface area contributed by atoms with Gasteiger partial charge in [0.15, 0.2) is 0 Å². The lowest BCUT2D eigenvalue weighted by Gasteiger charge is -2.26. The normalized spacial score (nSPS) is 12.4. The van der Waals surface area contributed by atoms with Crippen LogP contribution in [0.25, 0.3) is 0 Å². The number of carbonyl (C=O) groups is 1. The summed E-state index contributed by atoms with van der Waals surface area (Å²) < 4.78 is 14.7. The Kier molecular flexibility index (Phi) is 5.50. The van der Waals surface area contributed by atoms with Gasteiger partial charge in [-0.2, -0.15) is 0 Å². The fourth-order valence-corrected chi connectivity index (χ4v) is 2.37. The molecule has 0 saturated carbocycles. The van der Waals surface area contributed by atoms with E-state index in [1.807, 2.05) is 13.8 Å². The lowest BCUT2D eigenvalue weighted by Crippen LogP contribution is -2.37. The van der Waals surface area contributed by atoms with Gasteiger partial charge in [-0.3, -0.25) is 4.79 Å². The average Bonchev–Trinajstić information content (AvgIpc) is 2.92. The van der Waals surface area contributed by atoms with E-state index in [1.165, 1.54) is 24.3 Å². The van der Waals surface area contributed by atoms with Gasteiger partial charge in [0.05, 0.1) is 19.0 Å². The number of rotatable bonds is 6. The number of aliphatic hydroxyl groups is 1. The van der Waals surface area contributed by atoms with Crippen molar-refractivity contribution in [2.24, 2.45) is 13.0 Å². The van der Waals surface area contributed by atoms with Crippen molar-refractivity contribution in [3.05, 3.63) is 53.9 Å². The van der Waals surface area contributed by atoms with Crippen LogP contribution in [0.15, 0.2) is 36.8 Å². The van der Waals surface area contributed by atoms with Crippen LogP contribution in [0, 0.1) is 11.7 Å². The van der Waals surface area contributed by atoms with Gasteiger partial charge < -0.3 is 14.6 Å². The van der Waals surface area contributed by atoms with Gasteiger partial charge in [0.2, 0.25) is 0 Å². The van der Waals surface area contributed by atoms with E-state index in [-0.39, 0.29) is 24.2 Å². The molecule has 0 aliphatic rings. The molecule has 0 fully saturated rings. The van der Waals surface area contributed by atoms with Crippen LogP contribution >= 0.6 is 0 Å². The van der Waals surface area contributed by atoms with E-state index in [4.69, 9.17) is 0 Å². The molecule has 0 saturated heterocycles. The van der Waals surface area contributed by atoms with Crippen molar-refractivity contribution < 1.29 is 14.3 Å². The fraction of sp³-hybridized carbons (Fsp3) is 0.412. The van der Waals surface area contributed by atoms with Gasteiger partial charge in [0, 0.05) is 19.8 Å². The molecule has 1 atom stereocenters. The molecule has 1 amide bonds. The van der Waals surface area contributed by atoms with E-state index in [0.717, 1.165) is 0 Å². The summed E-state index contributed by atoms with van der Waals surface area (Å²) in [5.74, 6) is -0.326. The average molecular weight is 319 g/mol. The highest BCUT2D eigenvalue weighted by atomic mass is 19.1. The Hall–Kier alpha value is -2.21. The molecule has 2 aromatic rings. The Morgan fingerprint density at radius 1 is 1.30 bits per heavy atom. The van der Waals surface area contributed by atoms with Gasteiger partial charge in [-0.05, 0) is 23.6 Å². The number of aromatic nitrogens is 2. The largest absolute Gasteiger partial charge is 0.387 e. The highest BCUT2D eigenvalue weighted by Gasteiger charge is 2.22. The zero-order valence-electron chi connectivity index (χ0n) is 13.6. The van der Waals surface area contributed by atoms with Crippen LogP contribution in [0.5, 0.6) is 0 Å². The molecule has 2 rings (SSSR count). The Labute approximate surface area is 135 Å². The van der Waals surface area contributed by atoms with Gasteiger partial charge in [-0.15, -0.1) is 0 Å². The minimum absolute atomic E-state index is 0.138. The third-order valence-corrected chi connectivity index (χ3v) is 3.44. The predicted molar refractivity (Wildman–Crippen MR) is 85.3 cm³/mol. The Bertz CT molecular complexity index is 652. The molecule has 1 heterocycles. The number of amides is 1. The molecule has 5 nitrogen and oxygen atoms in total. The van der Waals surface area contributed by atoms with Crippen molar-refractivity contribution >= 4 is 5.91 Å². The Morgan fingerprint density at radius 3 is 2.48 bits per heavy atom. The number of halogens is 1. The third-order valence-electron chi connectivity index (χ3n) is 3.44. The summed E-state index contributed by atoms with van der Waals surface area (Å²) in [5.41, 5.74) is 0.924. The van der Waals surface area contributed by atoms with Gasteiger partial charge in [-0.25, -0.2) is 9.37 Å². The Morgan fingerprint density at radius 2 is 1.96 bits per heavy atom. The standard InChI is InChI=1S/C17H22FN3O2/c1-12(2)8-21(17(23)15-9-20(3)11-19-15)10-16(22)13-4-6-14(18)7-5-13/h4-7,9,11-12,16,22H,8,10H2,1-3H3/t16-/m0/s1. The minimum Gasteiger partial charge on any atom is -0.387 e. The summed E-state index contributed by atoms with van der Waals surface area (Å²) >= 11 is 0. The van der Waals surface area contributed by atoms with Gasteiger partial charge in [0.1, 0.15) is 11.5 Å². The van der Waals surface area contributed by atoms with E-state index in [1.54, 1.807) is 29.0 Å². The summed E-state index contributed by atoms with van der Waals surface area (Å²) in [5, 5.41) is 10.4. The van der Waals surface area contributed by atoms with E-state index >= 15 is 0 Å². The lowest BCUT2D eigenvalue weighted by atomic mass is 10.1. The summed E-state index contributed by atoms with van der Waals surface area (Å²) in [7, 11) is 1.80. The monoisotopic (exact) mass is 319 g/mol. The highest BCUT2D eigenvalue weighted by Crippen LogP contribution is 2.17. The number of aliphatic hydroxyl groups excluding tert-OH is 1. The van der Waals surface area contributed by atoms with Crippen LogP contribution < -0.4 is 0 Å². The quantitative estimate of drug-likeness (QED) is 0.889. The maximum Gasteiger partial charge on any atom is 0.274 e. The SMILES string of the molecule is CC(C)CN(C[C@H](O)c1ccc(F)cc1)C(=O)c1cn(C)cn1. The molecule has 1 aromatic heterocycles. The molecule has 0 aliphatic carbocycles. The van der Waals surface area contributed by atoms with Crippen LogP contribution in [0.4, 0.5) is 4.39 Å². The van der Waals surface area contributed by atoms with Crippen LogP contribution in [-0.2, 0) is 7.05 Å². The molecule has 1 N–H and O–H groups in total. The molecule has 0 aliphatic heterocycles. The second-order valence-electron chi connectivity index (χ2n) is 6.10. The van der Waals surface area contributed by atoms with Crippen LogP contribution in [0.2, 0.25) is 0 Å². The first kappa shape index (κ1) is 17.1. The fourth-order valence-electron chi connectivity index (χ4n) is 2.37. The molecular weight excluding hydrogens is 297 g/mol. The molecule has 1 aromatic carbocycles. The number of hydrogen-bond acceptors (Lipinski definition) is 3. The van der Waals surface area contributed by atoms with E-state index in [9.17, 15) is 14.3 Å². The maximum absolute atomic E-state index is 13.0. The van der Waals surface area contributed by atoms with Crippen LogP contribution in [0.1, 0.15) is 36.0 Å².